The highest BCUT2D eigenvalue weighted by Gasteiger charge is 2.41. The first-order valence-corrected chi connectivity index (χ1v) is 59.7. The zero-order valence-electron chi connectivity index (χ0n) is 84.0. The molecule has 3 aliphatic carbocycles. The van der Waals surface area contributed by atoms with Gasteiger partial charge in [0.2, 0.25) is 59.1 Å². The van der Waals surface area contributed by atoms with Gasteiger partial charge in [0.15, 0.2) is 0 Å². The molecule has 0 radical (unpaired) electrons. The highest BCUT2D eigenvalue weighted by atomic mass is 32.2. The van der Waals surface area contributed by atoms with Crippen molar-refractivity contribution >= 4 is 177 Å². The van der Waals surface area contributed by atoms with Crippen LogP contribution in [0.5, 0.6) is 0 Å². The highest BCUT2D eigenvalue weighted by molar-refractivity contribution is 8.01. The lowest BCUT2D eigenvalue weighted by Gasteiger charge is -2.38. The van der Waals surface area contributed by atoms with Gasteiger partial charge in [0.05, 0.1) is 60.4 Å². The van der Waals surface area contributed by atoms with Gasteiger partial charge in [0.25, 0.3) is 0 Å². The molecule has 0 aromatic heterocycles. The van der Waals surface area contributed by atoms with E-state index in [1.807, 2.05) is 215 Å². The Labute approximate surface area is 833 Å². The molecule has 40 heteroatoms. The van der Waals surface area contributed by atoms with Gasteiger partial charge in [-0.2, -0.15) is 118 Å². The maximum atomic E-state index is 12.2. The van der Waals surface area contributed by atoms with Crippen LogP contribution in [-0.4, -0.2) is 470 Å². The number of carbonyl (C=O) groups excluding carboxylic acids is 10. The van der Waals surface area contributed by atoms with Gasteiger partial charge in [0.1, 0.15) is 0 Å². The zero-order chi connectivity index (χ0) is 97.2. The molecule has 13 rings (SSSR count). The fourth-order valence-electron chi connectivity index (χ4n) is 15.9. The fourth-order valence-corrected chi connectivity index (χ4v) is 26.3. The molecule has 10 unspecified atom stereocenters. The van der Waals surface area contributed by atoms with E-state index < -0.39 is 0 Å². The predicted octanol–water partition coefficient (Wildman–Crippen LogP) is 5.14. The number of hydrogen-bond acceptors (Lipinski definition) is 30. The maximum absolute atomic E-state index is 12.2. The summed E-state index contributed by atoms with van der Waals surface area (Å²) < 4.78 is 0. The molecule has 11 N–H and O–H groups in total. The van der Waals surface area contributed by atoms with E-state index in [9.17, 15) is 47.9 Å². The summed E-state index contributed by atoms with van der Waals surface area (Å²) in [7, 11) is 20.4. The minimum Gasteiger partial charge on any atom is -0.354 e. The number of carbonyl (C=O) groups is 10. The van der Waals surface area contributed by atoms with E-state index in [0.29, 0.717) is 47.8 Å². The Hall–Kier alpha value is -2.20. The zero-order valence-corrected chi connectivity index (χ0v) is 92.2. The summed E-state index contributed by atoms with van der Waals surface area (Å²) in [6.45, 7) is 33.9. The van der Waals surface area contributed by atoms with Gasteiger partial charge < -0.3 is 103 Å². The van der Waals surface area contributed by atoms with Crippen LogP contribution in [0.15, 0.2) is 0 Å². The van der Waals surface area contributed by atoms with Gasteiger partial charge in [0, 0.05) is 236 Å². The molecule has 3 saturated carbocycles. The van der Waals surface area contributed by atoms with Crippen molar-refractivity contribution in [2.75, 3.05) is 271 Å². The number of amides is 10. The van der Waals surface area contributed by atoms with Crippen molar-refractivity contribution in [1.82, 2.24) is 103 Å². The van der Waals surface area contributed by atoms with Gasteiger partial charge >= 0.3 is 0 Å². The quantitative estimate of drug-likeness (QED) is 0.0797. The van der Waals surface area contributed by atoms with Gasteiger partial charge in [-0.05, 0) is 183 Å². The third kappa shape index (κ3) is 42.6. The van der Waals surface area contributed by atoms with Crippen LogP contribution < -0.4 is 58.5 Å². The first kappa shape index (κ1) is 121. The van der Waals surface area contributed by atoms with Crippen LogP contribution >= 0.6 is 118 Å². The van der Waals surface area contributed by atoms with Gasteiger partial charge in [-0.15, -0.1) is 0 Å². The molecule has 760 valence electrons. The molecule has 10 saturated heterocycles. The Kier molecular flexibility index (Phi) is 62.2. The number of nitrogens with zero attached hydrogens (tertiary/aromatic N) is 9. The largest absolute Gasteiger partial charge is 0.354 e. The summed E-state index contributed by atoms with van der Waals surface area (Å²) in [6, 6.07) is 2.17. The van der Waals surface area contributed by atoms with E-state index in [1.54, 1.807) is 16.7 Å². The van der Waals surface area contributed by atoms with Crippen molar-refractivity contribution in [3.63, 3.8) is 0 Å². The molecule has 10 atom stereocenters. The summed E-state index contributed by atoms with van der Waals surface area (Å²) in [6.07, 6.45) is 12.2. The number of rotatable bonds is 19. The smallest absolute Gasteiger partial charge is 0.241 e. The summed E-state index contributed by atoms with van der Waals surface area (Å²) >= 11 is 18.5. The third-order valence-corrected chi connectivity index (χ3v) is 35.6. The lowest BCUT2D eigenvalue weighted by Crippen LogP contribution is -2.54. The molecule has 30 nitrogen and oxygen atoms in total. The van der Waals surface area contributed by atoms with E-state index in [2.05, 4.69) is 142 Å². The Morgan fingerprint density at radius 3 is 0.977 bits per heavy atom. The van der Waals surface area contributed by atoms with Crippen LogP contribution in [0, 0.1) is 5.92 Å². The normalized spacial score (nSPS) is 26.8. The minimum absolute atomic E-state index is 0.00694. The van der Waals surface area contributed by atoms with Crippen LogP contribution in [-0.2, 0) is 47.9 Å². The van der Waals surface area contributed by atoms with Crippen molar-refractivity contribution in [3.8, 4) is 0 Å². The van der Waals surface area contributed by atoms with Gasteiger partial charge in [-0.1, -0.05) is 33.6 Å². The molecule has 10 aliphatic heterocycles. The molecule has 0 aromatic carbocycles. The van der Waals surface area contributed by atoms with Crippen molar-refractivity contribution in [1.29, 1.82) is 0 Å². The van der Waals surface area contributed by atoms with Crippen molar-refractivity contribution in [3.05, 3.63) is 0 Å². The third-order valence-electron chi connectivity index (χ3n) is 25.2. The van der Waals surface area contributed by atoms with Crippen molar-refractivity contribution in [2.24, 2.45) is 5.92 Å². The molecule has 0 aromatic rings. The average Bonchev–Trinajstić information content (AvgIpc) is 1.75. The first-order valence-electron chi connectivity index (χ1n) is 48.1. The molecule has 10 heterocycles. The minimum atomic E-state index is -0.0584. The number of hydrogen-bond donors (Lipinski definition) is 11. The molecule has 0 bridgehead atoms. The second-order valence-electron chi connectivity index (χ2n) is 36.6. The lowest BCUT2D eigenvalue weighted by molar-refractivity contribution is -0.138. The standard InChI is InChI=1S/C11H20N2OS.C11H22N2OS.C10H18N2OS.2C10H20N2OS.C9H16N2OS.C9H18N2OS.C8H16N2OS.C7H14N2OS.C6H12N2OS/c1-12-10-8-15-7-6-13(11(10)14)9-4-2-3-5-9;1-5-11(2,3)13-6-7-15-8-9(12-4)10(13)14;1-11-9-7-14-6-5-12(10(9)13)8-3-2-4-8;1-10(2,3)12-5-6-14-7-8(11-4)9(12)13;1-8(2)6-12-4-5-14-7-9(11-3)10(12)13;1-10-8-6-13-5-4-11(9(8)12)7-2-3-7;1-7(2)11-4-5-13-6-8(10-3)9(11)12;1-3-10-4-5-12-6-7(9-2)8(10)11;1-8-6-5-11-4-3-9(2)7(6)10;1-7-5-4-10-3-2-8-6(5)9/h9-10,12H,2-8H2,1H3;9,12H,5-8H2,1-4H3;8-9,11H,2-7H2,1H3;8,11H,5-7H2,1-4H3;8-9,11H,4-7H2,1-3H3;7-8,10H,2-6H2,1H3;7-8,10H,4-6H2,1-3H3;7,9H,3-6H2,1-2H3;6,8H,3-5H2,1-2H3;5,7H,2-4H2,1H3,(H,8,9). The second-order valence-corrected chi connectivity index (χ2v) is 48.1. The number of thioether (sulfide) groups is 10. The van der Waals surface area contributed by atoms with Crippen molar-refractivity contribution < 1.29 is 47.9 Å². The van der Waals surface area contributed by atoms with E-state index in [4.69, 9.17) is 0 Å². The van der Waals surface area contributed by atoms with Gasteiger partial charge in [-0.3, -0.25) is 47.9 Å². The molecule has 0 spiro atoms. The Bertz CT molecular complexity index is 3240. The van der Waals surface area contributed by atoms with E-state index in [1.165, 1.54) is 57.8 Å². The highest BCUT2D eigenvalue weighted by Crippen LogP contribution is 2.32. The lowest BCUT2D eigenvalue weighted by atomic mass is 9.91. The Balaban J connectivity index is 0.000000305. The van der Waals surface area contributed by atoms with Gasteiger partial charge in [-0.25, -0.2) is 0 Å². The number of nitrogens with one attached hydrogen (secondary N) is 11. The molecule has 13 aliphatic rings. The molecular formula is C91H176N20O10S10. The number of likely N-dealkylation sites (N-methyl/N-ethyl adjacent to an activating group) is 12. The second kappa shape index (κ2) is 67.2. The summed E-state index contributed by atoms with van der Waals surface area (Å²) in [5.41, 5.74) is -0.0752. The molecule has 13 fully saturated rings. The molecule has 131 heavy (non-hydrogen) atoms. The summed E-state index contributed by atoms with van der Waals surface area (Å²) in [5, 5.41) is 33.5. The summed E-state index contributed by atoms with van der Waals surface area (Å²) in [5.74, 6) is 22.9. The average molecular weight is 2030 g/mol. The monoisotopic (exact) mass is 2030 g/mol. The van der Waals surface area contributed by atoms with Crippen LogP contribution in [0.25, 0.3) is 0 Å². The first-order chi connectivity index (χ1) is 62.7. The summed E-state index contributed by atoms with van der Waals surface area (Å²) in [4.78, 5) is 136. The van der Waals surface area contributed by atoms with Crippen LogP contribution in [0.1, 0.15) is 140 Å². The fraction of sp³-hybridized carbons (Fsp3) is 0.890. The molecular weight excluding hydrogens is 1850 g/mol. The Morgan fingerprint density at radius 1 is 0.328 bits per heavy atom. The van der Waals surface area contributed by atoms with Crippen LogP contribution in [0.2, 0.25) is 0 Å². The topological polar surface area (TPSA) is 332 Å². The van der Waals surface area contributed by atoms with Crippen LogP contribution in [0.3, 0.4) is 0 Å². The van der Waals surface area contributed by atoms with E-state index >= 15 is 0 Å². The maximum Gasteiger partial charge on any atom is 0.241 e. The predicted molar refractivity (Wildman–Crippen MR) is 568 cm³/mol. The van der Waals surface area contributed by atoms with E-state index in [0.717, 1.165) is 200 Å². The Morgan fingerprint density at radius 2 is 0.626 bits per heavy atom. The van der Waals surface area contributed by atoms with E-state index in [-0.39, 0.29) is 113 Å². The molecule has 10 amide bonds. The van der Waals surface area contributed by atoms with Crippen LogP contribution in [0.4, 0.5) is 0 Å². The SMILES string of the molecule is CCC(C)(C)N1CCSCC(NC)C1=O.CCN1CCSCC(NC)C1=O.CNC1CSCCN(C(C)(C)C)C1=O.CNC1CSCCN(C(C)C)C1=O.CNC1CSCCN(C)C1=O.CNC1CSCCN(C2CC2)C1=O.CNC1CSCCN(C2CCC2)C1=O.CNC1CSCCN(C2CCCC2)C1=O.CNC1CSCCN(CC(C)C)C1=O.CNC1CSCCNC1=O. The van der Waals surface area contributed by atoms with Crippen molar-refractivity contribution in [2.45, 2.75) is 236 Å².